The van der Waals surface area contributed by atoms with Gasteiger partial charge in [0.15, 0.2) is 0 Å². The third-order valence-electron chi connectivity index (χ3n) is 4.69. The number of nitrogens with one attached hydrogen (secondary N) is 2. The topological polar surface area (TPSA) is 27.3 Å². The molecular formula is C16H34N2O2+2. The van der Waals surface area contributed by atoms with Crippen LogP contribution in [0.1, 0.15) is 38.5 Å². The highest BCUT2D eigenvalue weighted by atomic mass is 16.5. The van der Waals surface area contributed by atoms with E-state index in [1.54, 1.807) is 9.80 Å². The van der Waals surface area contributed by atoms with Crippen molar-refractivity contribution >= 4 is 0 Å². The average Bonchev–Trinajstić information content (AvgIpc) is 2.52. The van der Waals surface area contributed by atoms with Gasteiger partial charge in [0.05, 0.1) is 52.6 Å². The Labute approximate surface area is 124 Å². The molecule has 0 radical (unpaired) electrons. The second-order valence-electron chi connectivity index (χ2n) is 6.35. The fourth-order valence-electron chi connectivity index (χ4n) is 3.36. The van der Waals surface area contributed by atoms with E-state index in [1.807, 2.05) is 0 Å². The highest BCUT2D eigenvalue weighted by Crippen LogP contribution is 1.94. The summed E-state index contributed by atoms with van der Waals surface area (Å²) in [6, 6.07) is 0. The first kappa shape index (κ1) is 16.2. The Morgan fingerprint density at radius 2 is 0.900 bits per heavy atom. The molecule has 4 nitrogen and oxygen atoms in total. The van der Waals surface area contributed by atoms with E-state index in [1.165, 1.54) is 77.8 Å². The summed E-state index contributed by atoms with van der Waals surface area (Å²) in [5.41, 5.74) is 0. The normalized spacial score (nSPS) is 22.2. The molecule has 2 fully saturated rings. The van der Waals surface area contributed by atoms with Gasteiger partial charge in [-0.3, -0.25) is 0 Å². The minimum atomic E-state index is 0.766. The lowest BCUT2D eigenvalue weighted by molar-refractivity contribution is -0.905. The zero-order chi connectivity index (χ0) is 13.9. The van der Waals surface area contributed by atoms with Crippen LogP contribution in [0.3, 0.4) is 0 Å². The third-order valence-corrected chi connectivity index (χ3v) is 4.69. The van der Waals surface area contributed by atoms with Crippen molar-refractivity contribution in [2.75, 3.05) is 65.7 Å². The van der Waals surface area contributed by atoms with Gasteiger partial charge >= 0.3 is 0 Å². The first-order valence-corrected chi connectivity index (χ1v) is 8.78. The molecule has 20 heavy (non-hydrogen) atoms. The molecule has 2 rings (SSSR count). The van der Waals surface area contributed by atoms with Crippen LogP contribution in [0, 0.1) is 0 Å². The summed E-state index contributed by atoms with van der Waals surface area (Å²) in [5, 5.41) is 0. The van der Waals surface area contributed by atoms with Crippen LogP contribution >= 0.6 is 0 Å². The number of likely N-dealkylation sites (tertiary alicyclic amines) is 2. The van der Waals surface area contributed by atoms with Crippen LogP contribution in [-0.2, 0) is 9.47 Å². The Morgan fingerprint density at radius 3 is 1.30 bits per heavy atom. The van der Waals surface area contributed by atoms with E-state index in [2.05, 4.69) is 0 Å². The van der Waals surface area contributed by atoms with Gasteiger partial charge in [0.2, 0.25) is 0 Å². The Bertz CT molecular complexity index is 203. The Balaban J connectivity index is 1.33. The fourth-order valence-corrected chi connectivity index (χ4v) is 3.36. The van der Waals surface area contributed by atoms with Crippen LogP contribution in [-0.4, -0.2) is 65.7 Å². The highest BCUT2D eigenvalue weighted by molar-refractivity contribution is 4.47. The number of hydrogen-bond acceptors (Lipinski definition) is 2. The van der Waals surface area contributed by atoms with Crippen LogP contribution in [0.2, 0.25) is 0 Å². The average molecular weight is 286 g/mol. The number of rotatable bonds is 9. The SMILES string of the molecule is C1CC[NH+](CCOCCOCC[NH+]2CCCCC2)CC1. The predicted octanol–water partition coefficient (Wildman–Crippen LogP) is -0.843. The second kappa shape index (κ2) is 10.6. The van der Waals surface area contributed by atoms with Crippen LogP contribution in [0.25, 0.3) is 0 Å². The Kier molecular flexibility index (Phi) is 8.55. The summed E-state index contributed by atoms with van der Waals surface area (Å²) in [6.07, 6.45) is 8.46. The molecule has 2 saturated heterocycles. The third kappa shape index (κ3) is 7.02. The van der Waals surface area contributed by atoms with Gasteiger partial charge in [-0.2, -0.15) is 0 Å². The number of ether oxygens (including phenoxy) is 2. The van der Waals surface area contributed by atoms with Crippen molar-refractivity contribution < 1.29 is 19.3 Å². The van der Waals surface area contributed by atoms with Gasteiger partial charge in [-0.15, -0.1) is 0 Å². The zero-order valence-corrected chi connectivity index (χ0v) is 13.1. The van der Waals surface area contributed by atoms with Gasteiger partial charge in [-0.25, -0.2) is 0 Å². The number of piperidine rings is 2. The maximum atomic E-state index is 5.68. The van der Waals surface area contributed by atoms with Crippen molar-refractivity contribution in [1.82, 2.24) is 0 Å². The van der Waals surface area contributed by atoms with Gasteiger partial charge in [0.25, 0.3) is 0 Å². The summed E-state index contributed by atoms with van der Waals surface area (Å²) in [7, 11) is 0. The summed E-state index contributed by atoms with van der Waals surface area (Å²) in [4.78, 5) is 3.46. The van der Waals surface area contributed by atoms with Gasteiger partial charge in [0, 0.05) is 0 Å². The molecule has 2 aliphatic rings. The largest absolute Gasteiger partial charge is 0.373 e. The maximum absolute atomic E-state index is 5.68. The molecule has 0 aromatic rings. The van der Waals surface area contributed by atoms with Crippen LogP contribution in [0.5, 0.6) is 0 Å². The predicted molar refractivity (Wildman–Crippen MR) is 80.5 cm³/mol. The first-order valence-electron chi connectivity index (χ1n) is 8.78. The Morgan fingerprint density at radius 1 is 0.500 bits per heavy atom. The zero-order valence-electron chi connectivity index (χ0n) is 13.1. The van der Waals surface area contributed by atoms with E-state index in [0.29, 0.717) is 0 Å². The molecule has 2 heterocycles. The molecule has 118 valence electrons. The summed E-state index contributed by atoms with van der Waals surface area (Å²) >= 11 is 0. The highest BCUT2D eigenvalue weighted by Gasteiger charge is 2.13. The molecule has 0 aromatic carbocycles. The molecule has 0 spiro atoms. The molecular weight excluding hydrogens is 252 g/mol. The molecule has 0 unspecified atom stereocenters. The molecule has 0 atom stereocenters. The molecule has 2 aliphatic heterocycles. The van der Waals surface area contributed by atoms with Crippen molar-refractivity contribution in [1.29, 1.82) is 0 Å². The second-order valence-corrected chi connectivity index (χ2v) is 6.35. The minimum absolute atomic E-state index is 0.766. The summed E-state index contributed by atoms with van der Waals surface area (Å²) < 4.78 is 11.4. The van der Waals surface area contributed by atoms with E-state index < -0.39 is 0 Å². The van der Waals surface area contributed by atoms with E-state index in [0.717, 1.165) is 26.4 Å². The number of hydrogen-bond donors (Lipinski definition) is 2. The summed E-state index contributed by atoms with van der Waals surface area (Å²) in [5.74, 6) is 0. The van der Waals surface area contributed by atoms with Crippen molar-refractivity contribution in [3.63, 3.8) is 0 Å². The minimum Gasteiger partial charge on any atom is -0.373 e. The van der Waals surface area contributed by atoms with E-state index >= 15 is 0 Å². The lowest BCUT2D eigenvalue weighted by Crippen LogP contribution is -3.13. The van der Waals surface area contributed by atoms with Gasteiger partial charge in [0.1, 0.15) is 13.1 Å². The number of quaternary nitrogens is 2. The Hall–Kier alpha value is -0.160. The smallest absolute Gasteiger partial charge is 0.101 e. The standard InChI is InChI=1S/C16H32N2O2/c1-3-7-17(8-4-1)11-13-19-15-16-20-14-12-18-9-5-2-6-10-18/h1-16H2/p+2. The van der Waals surface area contributed by atoms with Crippen LogP contribution in [0.15, 0.2) is 0 Å². The monoisotopic (exact) mass is 286 g/mol. The van der Waals surface area contributed by atoms with E-state index in [9.17, 15) is 0 Å². The van der Waals surface area contributed by atoms with E-state index in [-0.39, 0.29) is 0 Å². The van der Waals surface area contributed by atoms with Crippen LogP contribution < -0.4 is 9.80 Å². The van der Waals surface area contributed by atoms with Crippen molar-refractivity contribution in [2.45, 2.75) is 38.5 Å². The fraction of sp³-hybridized carbons (Fsp3) is 1.00. The maximum Gasteiger partial charge on any atom is 0.101 e. The summed E-state index contributed by atoms with van der Waals surface area (Å²) in [6.45, 7) is 11.1. The van der Waals surface area contributed by atoms with Gasteiger partial charge in [-0.05, 0) is 38.5 Å². The molecule has 0 aliphatic carbocycles. The molecule has 0 amide bonds. The molecule has 4 heteroatoms. The quantitative estimate of drug-likeness (QED) is 0.541. The van der Waals surface area contributed by atoms with Gasteiger partial charge < -0.3 is 19.3 Å². The van der Waals surface area contributed by atoms with Crippen molar-refractivity contribution in [3.8, 4) is 0 Å². The molecule has 0 aromatic heterocycles. The molecule has 0 bridgehead atoms. The lowest BCUT2D eigenvalue weighted by atomic mass is 10.1. The molecule has 0 saturated carbocycles. The lowest BCUT2D eigenvalue weighted by Gasteiger charge is -2.23. The molecule has 2 N–H and O–H groups in total. The van der Waals surface area contributed by atoms with Crippen molar-refractivity contribution in [3.05, 3.63) is 0 Å². The van der Waals surface area contributed by atoms with Crippen LogP contribution in [0.4, 0.5) is 0 Å². The van der Waals surface area contributed by atoms with E-state index in [4.69, 9.17) is 9.47 Å². The van der Waals surface area contributed by atoms with Gasteiger partial charge in [-0.1, -0.05) is 0 Å². The first-order chi connectivity index (χ1) is 9.95. The van der Waals surface area contributed by atoms with Crippen molar-refractivity contribution in [2.24, 2.45) is 0 Å².